The summed E-state index contributed by atoms with van der Waals surface area (Å²) in [4.78, 5) is 2.30. The van der Waals surface area contributed by atoms with E-state index in [-0.39, 0.29) is 0 Å². The van der Waals surface area contributed by atoms with Crippen molar-refractivity contribution in [3.8, 4) is 0 Å². The van der Waals surface area contributed by atoms with Gasteiger partial charge in [-0.15, -0.1) is 0 Å². The predicted molar refractivity (Wildman–Crippen MR) is 65.0 cm³/mol. The van der Waals surface area contributed by atoms with E-state index in [9.17, 15) is 5.11 Å². The van der Waals surface area contributed by atoms with E-state index in [1.54, 1.807) is 0 Å². The zero-order chi connectivity index (χ0) is 11.4. The molecule has 1 saturated heterocycles. The number of hydrogen-bond acceptors (Lipinski definition) is 3. The third-order valence-corrected chi connectivity index (χ3v) is 3.27. The van der Waals surface area contributed by atoms with Crippen molar-refractivity contribution in [3.05, 3.63) is 35.9 Å². The normalized spacial score (nSPS) is 26.1. The van der Waals surface area contributed by atoms with Crippen LogP contribution in [0.5, 0.6) is 0 Å². The van der Waals surface area contributed by atoms with Crippen LogP contribution in [-0.2, 0) is 6.54 Å². The fraction of sp³-hybridized carbons (Fsp3) is 0.538. The number of β-amino-alcohol motifs (C(OH)–C–C–N with tert-alkyl or cyclic N) is 1. The minimum atomic E-state index is -0.552. The molecule has 1 aromatic rings. The Bertz CT molecular complexity index is 328. The van der Waals surface area contributed by atoms with E-state index in [0.29, 0.717) is 13.0 Å². The van der Waals surface area contributed by atoms with E-state index in [0.717, 1.165) is 26.1 Å². The quantitative estimate of drug-likeness (QED) is 0.795. The van der Waals surface area contributed by atoms with Crippen molar-refractivity contribution in [3.63, 3.8) is 0 Å². The van der Waals surface area contributed by atoms with Crippen molar-refractivity contribution in [2.75, 3.05) is 19.6 Å². The van der Waals surface area contributed by atoms with Crippen LogP contribution in [0.1, 0.15) is 18.4 Å². The van der Waals surface area contributed by atoms with Crippen LogP contribution in [0.4, 0.5) is 0 Å². The van der Waals surface area contributed by atoms with Crippen molar-refractivity contribution < 1.29 is 5.11 Å². The second kappa shape index (κ2) is 4.95. The molecule has 1 heterocycles. The topological polar surface area (TPSA) is 49.5 Å². The Hall–Kier alpha value is -0.900. The zero-order valence-electron chi connectivity index (χ0n) is 9.60. The lowest BCUT2D eigenvalue weighted by Gasteiger charge is -2.22. The van der Waals surface area contributed by atoms with Crippen molar-refractivity contribution in [2.24, 2.45) is 5.73 Å². The van der Waals surface area contributed by atoms with E-state index < -0.39 is 5.60 Å². The zero-order valence-corrected chi connectivity index (χ0v) is 9.60. The molecular weight excluding hydrogens is 200 g/mol. The molecule has 0 bridgehead atoms. The Morgan fingerprint density at radius 1 is 1.31 bits per heavy atom. The summed E-state index contributed by atoms with van der Waals surface area (Å²) < 4.78 is 0. The van der Waals surface area contributed by atoms with E-state index in [4.69, 9.17) is 5.73 Å². The van der Waals surface area contributed by atoms with Crippen LogP contribution in [-0.4, -0.2) is 35.2 Å². The second-order valence-corrected chi connectivity index (χ2v) is 4.71. The predicted octanol–water partition coefficient (Wildman–Crippen LogP) is 0.972. The number of rotatable bonds is 4. The number of hydrogen-bond donors (Lipinski definition) is 2. The van der Waals surface area contributed by atoms with Crippen molar-refractivity contribution in [2.45, 2.75) is 25.0 Å². The first kappa shape index (κ1) is 11.6. The Labute approximate surface area is 96.9 Å². The average Bonchev–Trinajstić information content (AvgIpc) is 2.62. The van der Waals surface area contributed by atoms with Gasteiger partial charge in [0.15, 0.2) is 0 Å². The van der Waals surface area contributed by atoms with Crippen LogP contribution in [0.3, 0.4) is 0 Å². The summed E-state index contributed by atoms with van der Waals surface area (Å²) in [6.45, 7) is 3.20. The molecule has 2 rings (SSSR count). The molecule has 1 aliphatic heterocycles. The smallest absolute Gasteiger partial charge is 0.0798 e. The van der Waals surface area contributed by atoms with E-state index in [1.807, 2.05) is 6.07 Å². The fourth-order valence-electron chi connectivity index (χ4n) is 2.39. The molecule has 0 saturated carbocycles. The molecule has 88 valence electrons. The number of benzene rings is 1. The number of aliphatic hydroxyl groups is 1. The third kappa shape index (κ3) is 2.82. The largest absolute Gasteiger partial charge is 0.388 e. The Morgan fingerprint density at radius 2 is 2.06 bits per heavy atom. The summed E-state index contributed by atoms with van der Waals surface area (Å²) in [7, 11) is 0. The second-order valence-electron chi connectivity index (χ2n) is 4.71. The van der Waals surface area contributed by atoms with Gasteiger partial charge in [-0.1, -0.05) is 30.3 Å². The molecule has 0 aliphatic carbocycles. The lowest BCUT2D eigenvalue weighted by Crippen LogP contribution is -2.35. The lowest BCUT2D eigenvalue weighted by molar-refractivity contribution is 0.0423. The molecule has 1 aliphatic rings. The van der Waals surface area contributed by atoms with Gasteiger partial charge >= 0.3 is 0 Å². The summed E-state index contributed by atoms with van der Waals surface area (Å²) in [5.41, 5.74) is 6.27. The maximum atomic E-state index is 10.2. The Balaban J connectivity index is 1.90. The van der Waals surface area contributed by atoms with Gasteiger partial charge < -0.3 is 10.8 Å². The number of likely N-dealkylation sites (tertiary alicyclic amines) is 1. The summed E-state index contributed by atoms with van der Waals surface area (Å²) >= 11 is 0. The van der Waals surface area contributed by atoms with Gasteiger partial charge in [0.1, 0.15) is 0 Å². The molecule has 16 heavy (non-hydrogen) atoms. The van der Waals surface area contributed by atoms with E-state index in [1.165, 1.54) is 5.56 Å². The lowest BCUT2D eigenvalue weighted by atomic mass is 9.99. The average molecular weight is 220 g/mol. The molecule has 0 aromatic heterocycles. The van der Waals surface area contributed by atoms with Crippen molar-refractivity contribution in [1.29, 1.82) is 0 Å². The van der Waals surface area contributed by atoms with E-state index in [2.05, 4.69) is 29.2 Å². The maximum absolute atomic E-state index is 10.2. The van der Waals surface area contributed by atoms with Crippen LogP contribution in [0.15, 0.2) is 30.3 Å². The first-order chi connectivity index (χ1) is 7.72. The first-order valence-electron chi connectivity index (χ1n) is 5.91. The highest BCUT2D eigenvalue weighted by Crippen LogP contribution is 2.25. The van der Waals surface area contributed by atoms with Gasteiger partial charge in [0.05, 0.1) is 5.60 Å². The fourth-order valence-corrected chi connectivity index (χ4v) is 2.39. The summed E-state index contributed by atoms with van der Waals surface area (Å²) in [5, 5.41) is 10.2. The van der Waals surface area contributed by atoms with Crippen molar-refractivity contribution >= 4 is 0 Å². The monoisotopic (exact) mass is 220 g/mol. The maximum Gasteiger partial charge on any atom is 0.0798 e. The molecule has 1 fully saturated rings. The van der Waals surface area contributed by atoms with E-state index >= 15 is 0 Å². The summed E-state index contributed by atoms with van der Waals surface area (Å²) in [6.07, 6.45) is 1.55. The van der Waals surface area contributed by atoms with Gasteiger partial charge in [0, 0.05) is 19.6 Å². The van der Waals surface area contributed by atoms with Crippen LogP contribution < -0.4 is 5.73 Å². The van der Waals surface area contributed by atoms with Crippen molar-refractivity contribution in [1.82, 2.24) is 4.90 Å². The standard InChI is InChI=1S/C13H20N2O/c14-8-6-13(16)7-9-15(11-13)10-12-4-2-1-3-5-12/h1-5,16H,6-11,14H2. The highest BCUT2D eigenvalue weighted by atomic mass is 16.3. The van der Waals surface area contributed by atoms with Gasteiger partial charge in [-0.2, -0.15) is 0 Å². The number of nitrogens with zero attached hydrogens (tertiary/aromatic N) is 1. The molecule has 0 amide bonds. The SMILES string of the molecule is NCCC1(O)CCN(Cc2ccccc2)C1. The van der Waals surface area contributed by atoms with Crippen LogP contribution in [0, 0.1) is 0 Å². The highest BCUT2D eigenvalue weighted by molar-refractivity contribution is 5.14. The molecule has 1 unspecified atom stereocenters. The molecule has 3 nitrogen and oxygen atoms in total. The Morgan fingerprint density at radius 3 is 2.75 bits per heavy atom. The molecule has 3 N–H and O–H groups in total. The van der Waals surface area contributed by atoms with Crippen LogP contribution >= 0.6 is 0 Å². The molecule has 1 atom stereocenters. The molecular formula is C13H20N2O. The van der Waals surface area contributed by atoms with Gasteiger partial charge in [0.2, 0.25) is 0 Å². The summed E-state index contributed by atoms with van der Waals surface area (Å²) in [5.74, 6) is 0. The first-order valence-corrected chi connectivity index (χ1v) is 5.91. The van der Waals surface area contributed by atoms with Gasteiger partial charge in [-0.25, -0.2) is 0 Å². The minimum Gasteiger partial charge on any atom is -0.388 e. The third-order valence-electron chi connectivity index (χ3n) is 3.27. The minimum absolute atomic E-state index is 0.552. The van der Waals surface area contributed by atoms with Gasteiger partial charge in [-0.3, -0.25) is 4.90 Å². The molecule has 0 spiro atoms. The van der Waals surface area contributed by atoms with Crippen LogP contribution in [0.2, 0.25) is 0 Å². The van der Waals surface area contributed by atoms with Gasteiger partial charge in [0.25, 0.3) is 0 Å². The molecule has 0 radical (unpaired) electrons. The molecule has 3 heteroatoms. The summed E-state index contributed by atoms with van der Waals surface area (Å²) in [6, 6.07) is 10.4. The highest BCUT2D eigenvalue weighted by Gasteiger charge is 2.34. The van der Waals surface area contributed by atoms with Crippen LogP contribution in [0.25, 0.3) is 0 Å². The Kier molecular flexibility index (Phi) is 3.59. The van der Waals surface area contributed by atoms with Gasteiger partial charge in [-0.05, 0) is 24.9 Å². The number of nitrogens with two attached hydrogens (primary N) is 1. The molecule has 1 aromatic carbocycles.